The highest BCUT2D eigenvalue weighted by Crippen LogP contribution is 2.23. The second kappa shape index (κ2) is 6.95. The Bertz CT molecular complexity index is 381. The van der Waals surface area contributed by atoms with Gasteiger partial charge in [0.1, 0.15) is 0 Å². The molecule has 0 aliphatic carbocycles. The van der Waals surface area contributed by atoms with Crippen LogP contribution < -0.4 is 5.32 Å². The molecule has 0 spiro atoms. The summed E-state index contributed by atoms with van der Waals surface area (Å²) >= 11 is 0. The molecule has 1 aliphatic heterocycles. The molecule has 1 fully saturated rings. The average molecular weight is 260 g/mol. The van der Waals surface area contributed by atoms with Crippen molar-refractivity contribution < 1.29 is 0 Å². The topological polar surface area (TPSA) is 15.3 Å². The second-order valence-electron chi connectivity index (χ2n) is 5.76. The molecule has 19 heavy (non-hydrogen) atoms. The van der Waals surface area contributed by atoms with Crippen molar-refractivity contribution in [2.75, 3.05) is 25.0 Å². The van der Waals surface area contributed by atoms with Crippen molar-refractivity contribution in [3.8, 4) is 0 Å². The van der Waals surface area contributed by atoms with Gasteiger partial charge in [0.2, 0.25) is 0 Å². The van der Waals surface area contributed by atoms with Crippen LogP contribution >= 0.6 is 0 Å². The van der Waals surface area contributed by atoms with Gasteiger partial charge in [-0.3, -0.25) is 0 Å². The summed E-state index contributed by atoms with van der Waals surface area (Å²) < 4.78 is 0. The lowest BCUT2D eigenvalue weighted by atomic mass is 9.90. The number of anilines is 1. The molecule has 2 heteroatoms. The third-order valence-corrected chi connectivity index (χ3v) is 4.52. The molecular weight excluding hydrogens is 232 g/mol. The van der Waals surface area contributed by atoms with Crippen LogP contribution in [-0.2, 0) is 6.42 Å². The van der Waals surface area contributed by atoms with E-state index >= 15 is 0 Å². The maximum absolute atomic E-state index is 3.70. The first-order chi connectivity index (χ1) is 9.22. The Kier molecular flexibility index (Phi) is 5.26. The van der Waals surface area contributed by atoms with E-state index in [2.05, 4.69) is 55.3 Å². The van der Waals surface area contributed by atoms with Crippen LogP contribution in [0.15, 0.2) is 24.3 Å². The van der Waals surface area contributed by atoms with Crippen molar-refractivity contribution in [2.24, 2.45) is 5.92 Å². The SMILES string of the molecule is CCc1cccc(NC(C)C2CCN(CC)CC2)c1. The lowest BCUT2D eigenvalue weighted by molar-refractivity contribution is 0.183. The number of benzene rings is 1. The molecule has 1 atom stereocenters. The van der Waals surface area contributed by atoms with Crippen molar-refractivity contribution in [3.63, 3.8) is 0 Å². The Balaban J connectivity index is 1.88. The molecule has 2 nitrogen and oxygen atoms in total. The first-order valence-electron chi connectivity index (χ1n) is 7.80. The molecule has 1 saturated heterocycles. The number of nitrogens with one attached hydrogen (secondary N) is 1. The standard InChI is InChI=1S/C17H28N2/c1-4-15-7-6-8-17(13-15)18-14(3)16-9-11-19(5-2)12-10-16/h6-8,13-14,16,18H,4-5,9-12H2,1-3H3. The third-order valence-electron chi connectivity index (χ3n) is 4.52. The molecule has 1 unspecified atom stereocenters. The molecular formula is C17H28N2. The van der Waals surface area contributed by atoms with Crippen molar-refractivity contribution in [3.05, 3.63) is 29.8 Å². The molecule has 1 aliphatic rings. The van der Waals surface area contributed by atoms with Crippen LogP contribution in [0.4, 0.5) is 5.69 Å². The Morgan fingerprint density at radius 3 is 2.63 bits per heavy atom. The minimum Gasteiger partial charge on any atom is -0.382 e. The first kappa shape index (κ1) is 14.4. The van der Waals surface area contributed by atoms with Crippen molar-refractivity contribution in [1.29, 1.82) is 0 Å². The fourth-order valence-corrected chi connectivity index (χ4v) is 3.03. The molecule has 1 aromatic rings. The van der Waals surface area contributed by atoms with Crippen LogP contribution in [0.5, 0.6) is 0 Å². The minimum absolute atomic E-state index is 0.575. The Morgan fingerprint density at radius 2 is 2.00 bits per heavy atom. The average Bonchev–Trinajstić information content (AvgIpc) is 2.47. The molecule has 0 aromatic heterocycles. The van der Waals surface area contributed by atoms with Gasteiger partial charge in [0.25, 0.3) is 0 Å². The molecule has 106 valence electrons. The summed E-state index contributed by atoms with van der Waals surface area (Å²) in [6.45, 7) is 10.5. The molecule has 1 N–H and O–H groups in total. The first-order valence-corrected chi connectivity index (χ1v) is 7.80. The number of hydrogen-bond donors (Lipinski definition) is 1. The van der Waals surface area contributed by atoms with Gasteiger partial charge in [0.15, 0.2) is 0 Å². The maximum atomic E-state index is 3.70. The Labute approximate surface area is 118 Å². The number of hydrogen-bond acceptors (Lipinski definition) is 2. The van der Waals surface area contributed by atoms with E-state index in [1.807, 2.05) is 0 Å². The molecule has 0 amide bonds. The quantitative estimate of drug-likeness (QED) is 0.866. The molecule has 1 aromatic carbocycles. The number of likely N-dealkylation sites (tertiary alicyclic amines) is 1. The summed E-state index contributed by atoms with van der Waals surface area (Å²) in [6, 6.07) is 9.42. The van der Waals surface area contributed by atoms with Gasteiger partial charge in [-0.15, -0.1) is 0 Å². The van der Waals surface area contributed by atoms with E-state index in [-0.39, 0.29) is 0 Å². The molecule has 0 bridgehead atoms. The predicted octanol–water partition coefficient (Wildman–Crippen LogP) is 3.78. The fourth-order valence-electron chi connectivity index (χ4n) is 3.03. The predicted molar refractivity (Wildman–Crippen MR) is 83.7 cm³/mol. The monoisotopic (exact) mass is 260 g/mol. The van der Waals surface area contributed by atoms with Gasteiger partial charge < -0.3 is 10.2 Å². The van der Waals surface area contributed by atoms with E-state index in [0.29, 0.717) is 6.04 Å². The fraction of sp³-hybridized carbons (Fsp3) is 0.647. The summed E-state index contributed by atoms with van der Waals surface area (Å²) in [6.07, 6.45) is 3.77. The number of rotatable bonds is 5. The smallest absolute Gasteiger partial charge is 0.0345 e. The van der Waals surface area contributed by atoms with E-state index in [1.54, 1.807) is 0 Å². The van der Waals surface area contributed by atoms with Gasteiger partial charge in [-0.05, 0) is 69.4 Å². The summed E-state index contributed by atoms with van der Waals surface area (Å²) in [5, 5.41) is 3.70. The molecule has 0 saturated carbocycles. The highest BCUT2D eigenvalue weighted by atomic mass is 15.1. The second-order valence-corrected chi connectivity index (χ2v) is 5.76. The van der Waals surface area contributed by atoms with Crippen molar-refractivity contribution in [1.82, 2.24) is 4.90 Å². The zero-order valence-electron chi connectivity index (χ0n) is 12.7. The number of piperidine rings is 1. The molecule has 0 radical (unpaired) electrons. The zero-order chi connectivity index (χ0) is 13.7. The van der Waals surface area contributed by atoms with Gasteiger partial charge in [0, 0.05) is 11.7 Å². The third kappa shape index (κ3) is 3.97. The Hall–Kier alpha value is -1.02. The van der Waals surface area contributed by atoms with Crippen LogP contribution in [0, 0.1) is 5.92 Å². The van der Waals surface area contributed by atoms with E-state index in [9.17, 15) is 0 Å². The van der Waals surface area contributed by atoms with Gasteiger partial charge in [-0.25, -0.2) is 0 Å². The summed E-state index contributed by atoms with van der Waals surface area (Å²) in [5.41, 5.74) is 2.70. The van der Waals surface area contributed by atoms with Crippen molar-refractivity contribution >= 4 is 5.69 Å². The number of nitrogens with zero attached hydrogens (tertiary/aromatic N) is 1. The van der Waals surface area contributed by atoms with E-state index in [4.69, 9.17) is 0 Å². The Morgan fingerprint density at radius 1 is 1.26 bits per heavy atom. The van der Waals surface area contributed by atoms with Crippen molar-refractivity contribution in [2.45, 2.75) is 46.1 Å². The van der Waals surface area contributed by atoms with Crippen LogP contribution in [0.25, 0.3) is 0 Å². The zero-order valence-corrected chi connectivity index (χ0v) is 12.7. The lowest BCUT2D eigenvalue weighted by Crippen LogP contribution is -2.39. The van der Waals surface area contributed by atoms with Crippen LogP contribution in [0.2, 0.25) is 0 Å². The lowest BCUT2D eigenvalue weighted by Gasteiger charge is -2.35. The van der Waals surface area contributed by atoms with Crippen LogP contribution in [0.1, 0.15) is 39.2 Å². The summed E-state index contributed by atoms with van der Waals surface area (Å²) in [4.78, 5) is 2.56. The highest BCUT2D eigenvalue weighted by Gasteiger charge is 2.22. The van der Waals surface area contributed by atoms with Gasteiger partial charge in [0.05, 0.1) is 0 Å². The largest absolute Gasteiger partial charge is 0.382 e. The molecule has 2 rings (SSSR count). The van der Waals surface area contributed by atoms with Crippen LogP contribution in [-0.4, -0.2) is 30.6 Å². The van der Waals surface area contributed by atoms with E-state index in [1.165, 1.54) is 43.7 Å². The number of aryl methyl sites for hydroxylation is 1. The van der Waals surface area contributed by atoms with Gasteiger partial charge in [-0.1, -0.05) is 26.0 Å². The van der Waals surface area contributed by atoms with Gasteiger partial charge >= 0.3 is 0 Å². The van der Waals surface area contributed by atoms with E-state index < -0.39 is 0 Å². The maximum Gasteiger partial charge on any atom is 0.0345 e. The summed E-state index contributed by atoms with van der Waals surface area (Å²) in [5.74, 6) is 0.813. The van der Waals surface area contributed by atoms with Crippen LogP contribution in [0.3, 0.4) is 0 Å². The summed E-state index contributed by atoms with van der Waals surface area (Å²) in [7, 11) is 0. The van der Waals surface area contributed by atoms with Gasteiger partial charge in [-0.2, -0.15) is 0 Å². The van der Waals surface area contributed by atoms with E-state index in [0.717, 1.165) is 12.3 Å². The molecule has 1 heterocycles. The minimum atomic E-state index is 0.575. The normalized spacial score (nSPS) is 19.3. The highest BCUT2D eigenvalue weighted by molar-refractivity contribution is 5.46.